The van der Waals surface area contributed by atoms with Crippen LogP contribution in [0.3, 0.4) is 0 Å². The fraction of sp³-hybridized carbons (Fsp3) is 0.625. The third-order valence-corrected chi connectivity index (χ3v) is 4.03. The normalized spacial score (nSPS) is 25.9. The van der Waals surface area contributed by atoms with Crippen LogP contribution in [0.4, 0.5) is 0 Å². The predicted octanol–water partition coefficient (Wildman–Crippen LogP) is 2.93. The van der Waals surface area contributed by atoms with Gasteiger partial charge in [-0.3, -0.25) is 0 Å². The molecule has 1 aliphatic carbocycles. The van der Waals surface area contributed by atoms with E-state index < -0.39 is 0 Å². The molecule has 0 saturated heterocycles. The van der Waals surface area contributed by atoms with Gasteiger partial charge in [0.2, 0.25) is 0 Å². The van der Waals surface area contributed by atoms with E-state index in [4.69, 9.17) is 5.11 Å². The lowest BCUT2D eigenvalue weighted by Gasteiger charge is -2.33. The fourth-order valence-corrected chi connectivity index (χ4v) is 2.89. The van der Waals surface area contributed by atoms with Crippen LogP contribution in [0.1, 0.15) is 44.1 Å². The Morgan fingerprint density at radius 2 is 1.94 bits per heavy atom. The van der Waals surface area contributed by atoms with Crippen molar-refractivity contribution in [1.29, 1.82) is 0 Å². The van der Waals surface area contributed by atoms with E-state index in [0.29, 0.717) is 17.9 Å². The van der Waals surface area contributed by atoms with Gasteiger partial charge in [-0.1, -0.05) is 50.1 Å². The molecule has 3 unspecified atom stereocenters. The van der Waals surface area contributed by atoms with Crippen molar-refractivity contribution in [3.05, 3.63) is 35.9 Å². The molecule has 1 aliphatic rings. The zero-order valence-corrected chi connectivity index (χ0v) is 11.3. The van der Waals surface area contributed by atoms with Crippen LogP contribution < -0.4 is 5.32 Å². The summed E-state index contributed by atoms with van der Waals surface area (Å²) in [6, 6.07) is 11.4. The zero-order chi connectivity index (χ0) is 12.8. The van der Waals surface area contributed by atoms with Gasteiger partial charge in [0.1, 0.15) is 0 Å². The average Bonchev–Trinajstić information content (AvgIpc) is 2.46. The molecular weight excluding hydrogens is 222 g/mol. The molecule has 0 heterocycles. The predicted molar refractivity (Wildman–Crippen MR) is 75.7 cm³/mol. The molecule has 100 valence electrons. The van der Waals surface area contributed by atoms with Gasteiger partial charge in [0.15, 0.2) is 0 Å². The van der Waals surface area contributed by atoms with E-state index in [1.54, 1.807) is 0 Å². The average molecular weight is 247 g/mol. The molecule has 2 rings (SSSR count). The molecule has 3 atom stereocenters. The van der Waals surface area contributed by atoms with Crippen LogP contribution in [0.2, 0.25) is 0 Å². The highest BCUT2D eigenvalue weighted by Gasteiger charge is 2.26. The van der Waals surface area contributed by atoms with Crippen LogP contribution in [0.15, 0.2) is 30.3 Å². The number of aliphatic hydroxyl groups is 1. The van der Waals surface area contributed by atoms with E-state index in [1.807, 2.05) is 0 Å². The highest BCUT2D eigenvalue weighted by atomic mass is 16.3. The number of nitrogens with one attached hydrogen (secondary N) is 1. The van der Waals surface area contributed by atoms with Crippen LogP contribution in [0.25, 0.3) is 0 Å². The van der Waals surface area contributed by atoms with Crippen molar-refractivity contribution in [3.8, 4) is 0 Å². The smallest absolute Gasteiger partial charge is 0.0468 e. The van der Waals surface area contributed by atoms with Crippen LogP contribution in [0.5, 0.6) is 0 Å². The van der Waals surface area contributed by atoms with Crippen molar-refractivity contribution in [2.24, 2.45) is 5.92 Å². The summed E-state index contributed by atoms with van der Waals surface area (Å²) in [5.41, 5.74) is 1.46. The molecule has 0 spiro atoms. The van der Waals surface area contributed by atoms with E-state index >= 15 is 0 Å². The highest BCUT2D eigenvalue weighted by molar-refractivity contribution is 5.21. The van der Waals surface area contributed by atoms with E-state index in [1.165, 1.54) is 31.2 Å². The number of aliphatic hydroxyl groups excluding tert-OH is 1. The Morgan fingerprint density at radius 3 is 2.67 bits per heavy atom. The SMILES string of the molecule is CC(CO)CNC1CCCCC1c1ccccc1. The Hall–Kier alpha value is -0.860. The van der Waals surface area contributed by atoms with E-state index in [0.717, 1.165) is 6.54 Å². The van der Waals surface area contributed by atoms with Gasteiger partial charge >= 0.3 is 0 Å². The van der Waals surface area contributed by atoms with Crippen LogP contribution in [-0.2, 0) is 0 Å². The third kappa shape index (κ3) is 3.56. The molecule has 1 aromatic carbocycles. The first-order valence-electron chi connectivity index (χ1n) is 7.20. The van der Waals surface area contributed by atoms with E-state index in [-0.39, 0.29) is 6.61 Å². The lowest BCUT2D eigenvalue weighted by molar-refractivity contribution is 0.221. The molecule has 1 aromatic rings. The number of hydrogen-bond donors (Lipinski definition) is 2. The summed E-state index contributed by atoms with van der Waals surface area (Å²) in [4.78, 5) is 0. The summed E-state index contributed by atoms with van der Waals surface area (Å²) in [6.45, 7) is 3.29. The molecule has 1 fully saturated rings. The molecule has 0 aromatic heterocycles. The van der Waals surface area contributed by atoms with Crippen LogP contribution in [0, 0.1) is 5.92 Å². The van der Waals surface area contributed by atoms with Gasteiger partial charge in [0.25, 0.3) is 0 Å². The summed E-state index contributed by atoms with van der Waals surface area (Å²) < 4.78 is 0. The van der Waals surface area contributed by atoms with Crippen molar-refractivity contribution in [1.82, 2.24) is 5.32 Å². The van der Waals surface area contributed by atoms with Crippen molar-refractivity contribution in [3.63, 3.8) is 0 Å². The van der Waals surface area contributed by atoms with Gasteiger partial charge in [0, 0.05) is 19.2 Å². The van der Waals surface area contributed by atoms with Crippen LogP contribution >= 0.6 is 0 Å². The topological polar surface area (TPSA) is 32.3 Å². The number of hydrogen-bond acceptors (Lipinski definition) is 2. The Kier molecular flexibility index (Phi) is 5.21. The first-order valence-corrected chi connectivity index (χ1v) is 7.20. The molecule has 0 radical (unpaired) electrons. The molecule has 18 heavy (non-hydrogen) atoms. The maximum Gasteiger partial charge on any atom is 0.0468 e. The molecule has 2 nitrogen and oxygen atoms in total. The van der Waals surface area contributed by atoms with Gasteiger partial charge in [-0.15, -0.1) is 0 Å². The van der Waals surface area contributed by atoms with Crippen molar-refractivity contribution < 1.29 is 5.11 Å². The molecular formula is C16H25NO. The maximum absolute atomic E-state index is 9.11. The standard InChI is InChI=1S/C16H25NO/c1-13(12-18)11-17-16-10-6-5-9-15(16)14-7-3-2-4-8-14/h2-4,7-8,13,15-18H,5-6,9-12H2,1H3. The zero-order valence-electron chi connectivity index (χ0n) is 11.3. The Balaban J connectivity index is 1.98. The summed E-state index contributed by atoms with van der Waals surface area (Å²) in [7, 11) is 0. The third-order valence-electron chi connectivity index (χ3n) is 4.03. The van der Waals surface area contributed by atoms with E-state index in [9.17, 15) is 0 Å². The minimum Gasteiger partial charge on any atom is -0.396 e. The van der Waals surface area contributed by atoms with Gasteiger partial charge in [-0.2, -0.15) is 0 Å². The summed E-state index contributed by atoms with van der Waals surface area (Å²) in [5, 5.41) is 12.8. The highest BCUT2D eigenvalue weighted by Crippen LogP contribution is 2.32. The molecule has 2 heteroatoms. The second-order valence-electron chi connectivity index (χ2n) is 5.60. The molecule has 0 bridgehead atoms. The molecule has 0 aliphatic heterocycles. The van der Waals surface area contributed by atoms with Crippen molar-refractivity contribution in [2.75, 3.05) is 13.2 Å². The summed E-state index contributed by atoms with van der Waals surface area (Å²) >= 11 is 0. The number of rotatable bonds is 5. The largest absolute Gasteiger partial charge is 0.396 e. The Morgan fingerprint density at radius 1 is 1.22 bits per heavy atom. The molecule has 0 amide bonds. The summed E-state index contributed by atoms with van der Waals surface area (Å²) in [6.07, 6.45) is 5.22. The van der Waals surface area contributed by atoms with E-state index in [2.05, 4.69) is 42.6 Å². The van der Waals surface area contributed by atoms with Gasteiger partial charge in [-0.25, -0.2) is 0 Å². The molecule has 1 saturated carbocycles. The van der Waals surface area contributed by atoms with Gasteiger partial charge < -0.3 is 10.4 Å². The fourth-order valence-electron chi connectivity index (χ4n) is 2.89. The lowest BCUT2D eigenvalue weighted by atomic mass is 9.80. The second-order valence-corrected chi connectivity index (χ2v) is 5.60. The minimum absolute atomic E-state index is 0.274. The first-order chi connectivity index (χ1) is 8.81. The summed E-state index contributed by atoms with van der Waals surface area (Å²) in [5.74, 6) is 0.995. The maximum atomic E-state index is 9.11. The Labute approximate surface area is 110 Å². The quantitative estimate of drug-likeness (QED) is 0.838. The first kappa shape index (κ1) is 13.6. The van der Waals surface area contributed by atoms with Crippen LogP contribution in [-0.4, -0.2) is 24.3 Å². The second kappa shape index (κ2) is 6.91. The van der Waals surface area contributed by atoms with Crippen molar-refractivity contribution in [2.45, 2.75) is 44.6 Å². The van der Waals surface area contributed by atoms with Gasteiger partial charge in [0.05, 0.1) is 0 Å². The minimum atomic E-state index is 0.274. The number of benzene rings is 1. The van der Waals surface area contributed by atoms with Gasteiger partial charge in [-0.05, 0) is 30.2 Å². The lowest BCUT2D eigenvalue weighted by Crippen LogP contribution is -2.39. The monoisotopic (exact) mass is 247 g/mol. The van der Waals surface area contributed by atoms with Crippen molar-refractivity contribution >= 4 is 0 Å². The molecule has 2 N–H and O–H groups in total. The Bertz CT molecular complexity index is 338.